The summed E-state index contributed by atoms with van der Waals surface area (Å²) in [7, 11) is -2.67. The molecule has 0 saturated carbocycles. The van der Waals surface area contributed by atoms with Gasteiger partial charge in [0.15, 0.2) is 0 Å². The highest BCUT2D eigenvalue weighted by molar-refractivity contribution is 7.87. The Labute approximate surface area is 219 Å². The van der Waals surface area contributed by atoms with Crippen molar-refractivity contribution in [2.24, 2.45) is 0 Å². The molecule has 1 heterocycles. The fourth-order valence-electron chi connectivity index (χ4n) is 5.88. The maximum Gasteiger partial charge on any atom is 0.0845 e. The molecular formula is C33H37NP2. The van der Waals surface area contributed by atoms with Gasteiger partial charge in [0.2, 0.25) is 0 Å². The van der Waals surface area contributed by atoms with Crippen molar-refractivity contribution in [1.29, 1.82) is 0 Å². The van der Waals surface area contributed by atoms with E-state index in [-0.39, 0.29) is 0 Å². The Hall–Kier alpha value is -2.30. The molecule has 36 heavy (non-hydrogen) atoms. The number of benzene rings is 4. The van der Waals surface area contributed by atoms with Crippen LogP contribution < -0.4 is 10.6 Å². The van der Waals surface area contributed by atoms with E-state index in [0.29, 0.717) is 17.4 Å². The van der Waals surface area contributed by atoms with Gasteiger partial charge < -0.3 is 0 Å². The molecule has 4 aromatic carbocycles. The van der Waals surface area contributed by atoms with Gasteiger partial charge in [0.05, 0.1) is 19.4 Å². The predicted molar refractivity (Wildman–Crippen MR) is 161 cm³/mol. The minimum Gasteiger partial charge on any atom is -0.177 e. The first-order valence-corrected chi connectivity index (χ1v) is 16.5. The Morgan fingerprint density at radius 2 is 1.06 bits per heavy atom. The third-order valence-corrected chi connectivity index (χ3v) is 16.1. The largest absolute Gasteiger partial charge is 0.177 e. The molecule has 4 aromatic rings. The molecule has 184 valence electrons. The number of nitrogens with zero attached hydrogens (tertiary/aromatic N) is 1. The maximum atomic E-state index is 5.38. The first kappa shape index (κ1) is 25.4. The molecule has 0 N–H and O–H groups in total. The topological polar surface area (TPSA) is 3.24 Å². The summed E-state index contributed by atoms with van der Waals surface area (Å²) < 4.78 is 2.97. The molecule has 1 nitrogen and oxygen atoms in total. The third kappa shape index (κ3) is 4.82. The summed E-state index contributed by atoms with van der Waals surface area (Å²) in [6.45, 7) is 10.2. The lowest BCUT2D eigenvalue weighted by Crippen LogP contribution is -2.36. The van der Waals surface area contributed by atoms with Gasteiger partial charge >= 0.3 is 0 Å². The van der Waals surface area contributed by atoms with Crippen LogP contribution in [0.15, 0.2) is 121 Å². The molecule has 5 rings (SSSR count). The van der Waals surface area contributed by atoms with Gasteiger partial charge in [-0.25, -0.2) is 0 Å². The molecule has 0 spiro atoms. The lowest BCUT2D eigenvalue weighted by atomic mass is 10.0. The van der Waals surface area contributed by atoms with E-state index >= 15 is 0 Å². The molecule has 1 aliphatic heterocycles. The van der Waals surface area contributed by atoms with Gasteiger partial charge in [-0.1, -0.05) is 128 Å². The molecule has 0 amide bonds. The number of hydrogen-bond donors (Lipinski definition) is 0. The van der Waals surface area contributed by atoms with Gasteiger partial charge in [-0.15, -0.1) is 0 Å². The van der Waals surface area contributed by atoms with E-state index in [1.54, 1.807) is 0 Å². The molecule has 1 aliphatic rings. The molecule has 0 bridgehead atoms. The standard InChI is InChI=1S/C33H37NP2/c1-4-27(2)34(35(30-21-13-7-14-22-30)31-23-15-8-16-24-31)36(3)32(28-17-9-5-10-18-28)25-26-33(36)29-19-11-6-12-20-29/h5-24,27,32-33H,3-4,25-26H2,1-2H3/t27?,32-,33-/m0/s1. The highest BCUT2D eigenvalue weighted by Gasteiger charge is 2.56. The van der Waals surface area contributed by atoms with Gasteiger partial charge in [-0.2, -0.15) is 11.1 Å². The summed E-state index contributed by atoms with van der Waals surface area (Å²) in [4.78, 5) is 0. The SMILES string of the molecule is [CH2-][P+]1(N(C(C)CC)P(c2ccccc2)c2ccccc2)[C@H](c2ccccc2)CC[C@H]1c1ccccc1. The Balaban J connectivity index is 1.75. The van der Waals surface area contributed by atoms with Gasteiger partial charge in [0.25, 0.3) is 0 Å². The Morgan fingerprint density at radius 1 is 0.694 bits per heavy atom. The van der Waals surface area contributed by atoms with Crippen LogP contribution in [0.25, 0.3) is 0 Å². The zero-order chi connectivity index (χ0) is 25.0. The van der Waals surface area contributed by atoms with Crippen molar-refractivity contribution in [3.05, 3.63) is 139 Å². The van der Waals surface area contributed by atoms with Crippen molar-refractivity contribution >= 4 is 26.1 Å². The molecule has 0 aliphatic carbocycles. The van der Waals surface area contributed by atoms with Crippen LogP contribution in [-0.4, -0.2) is 10.5 Å². The fraction of sp³-hybridized carbons (Fsp3) is 0.242. The van der Waals surface area contributed by atoms with Crippen LogP contribution in [-0.2, 0) is 0 Å². The van der Waals surface area contributed by atoms with Crippen molar-refractivity contribution in [3.63, 3.8) is 0 Å². The Morgan fingerprint density at radius 3 is 1.42 bits per heavy atom. The maximum absolute atomic E-state index is 5.38. The van der Waals surface area contributed by atoms with Crippen LogP contribution in [0, 0.1) is 6.66 Å². The van der Waals surface area contributed by atoms with Crippen molar-refractivity contribution in [1.82, 2.24) is 4.44 Å². The van der Waals surface area contributed by atoms with Crippen LogP contribution in [0.5, 0.6) is 0 Å². The monoisotopic (exact) mass is 509 g/mol. The zero-order valence-electron chi connectivity index (χ0n) is 21.4. The molecule has 1 unspecified atom stereocenters. The summed E-state index contributed by atoms with van der Waals surface area (Å²) >= 11 is 0. The minimum absolute atomic E-state index is 0.429. The lowest BCUT2D eigenvalue weighted by molar-refractivity contribution is 0.504. The van der Waals surface area contributed by atoms with Crippen molar-refractivity contribution < 1.29 is 0 Å². The smallest absolute Gasteiger partial charge is 0.0845 e. The second-order valence-electron chi connectivity index (χ2n) is 9.88. The molecule has 0 radical (unpaired) electrons. The summed E-state index contributed by atoms with van der Waals surface area (Å²) in [5.41, 5.74) is 3.86. The Bertz CT molecular complexity index is 1130. The van der Waals surface area contributed by atoms with E-state index in [2.05, 4.69) is 140 Å². The van der Waals surface area contributed by atoms with Crippen molar-refractivity contribution in [2.45, 2.75) is 50.5 Å². The van der Waals surface area contributed by atoms with Crippen LogP contribution in [0.2, 0.25) is 0 Å². The molecule has 1 fully saturated rings. The fourth-order valence-corrected chi connectivity index (χ4v) is 15.3. The molecular weight excluding hydrogens is 472 g/mol. The van der Waals surface area contributed by atoms with Gasteiger partial charge in [0.1, 0.15) is 0 Å². The van der Waals surface area contributed by atoms with Crippen LogP contribution in [0.4, 0.5) is 0 Å². The first-order valence-electron chi connectivity index (χ1n) is 13.2. The summed E-state index contributed by atoms with van der Waals surface area (Å²) in [5.74, 6) is 0. The summed E-state index contributed by atoms with van der Waals surface area (Å²) in [5, 5.41) is 2.85. The minimum atomic E-state index is -1.94. The normalized spacial score (nSPS) is 20.0. The van der Waals surface area contributed by atoms with Crippen LogP contribution in [0.1, 0.15) is 55.6 Å². The van der Waals surface area contributed by atoms with Gasteiger partial charge in [-0.3, -0.25) is 0 Å². The van der Waals surface area contributed by atoms with Crippen molar-refractivity contribution in [2.75, 3.05) is 0 Å². The Kier molecular flexibility index (Phi) is 8.03. The predicted octanol–water partition coefficient (Wildman–Crippen LogP) is 9.14. The van der Waals surface area contributed by atoms with Crippen LogP contribution >= 0.6 is 15.5 Å². The van der Waals surface area contributed by atoms with E-state index in [1.165, 1.54) is 34.6 Å². The average Bonchev–Trinajstić information content (AvgIpc) is 3.30. The van der Waals surface area contributed by atoms with Gasteiger partial charge in [-0.05, 0) is 55.3 Å². The van der Waals surface area contributed by atoms with Crippen LogP contribution in [0.3, 0.4) is 0 Å². The molecule has 1 saturated heterocycles. The summed E-state index contributed by atoms with van der Waals surface area (Å²) in [6, 6.07) is 45.4. The summed E-state index contributed by atoms with van der Waals surface area (Å²) in [6.07, 6.45) is 3.50. The van der Waals surface area contributed by atoms with Crippen molar-refractivity contribution in [3.8, 4) is 0 Å². The number of hydrogen-bond acceptors (Lipinski definition) is 1. The van der Waals surface area contributed by atoms with E-state index < -0.39 is 15.5 Å². The average molecular weight is 510 g/mol. The second kappa shape index (κ2) is 11.4. The third-order valence-electron chi connectivity index (χ3n) is 7.73. The molecule has 3 atom stereocenters. The quantitative estimate of drug-likeness (QED) is 0.169. The van der Waals surface area contributed by atoms with E-state index in [0.717, 1.165) is 6.42 Å². The van der Waals surface area contributed by atoms with E-state index in [9.17, 15) is 0 Å². The number of rotatable bonds is 8. The van der Waals surface area contributed by atoms with E-state index in [1.807, 2.05) is 0 Å². The molecule has 3 heteroatoms. The van der Waals surface area contributed by atoms with Gasteiger partial charge in [0, 0.05) is 6.04 Å². The highest BCUT2D eigenvalue weighted by Crippen LogP contribution is 2.89. The molecule has 0 aromatic heterocycles. The highest BCUT2D eigenvalue weighted by atomic mass is 31.2. The van der Waals surface area contributed by atoms with E-state index in [4.69, 9.17) is 6.66 Å². The zero-order valence-corrected chi connectivity index (χ0v) is 23.2. The second-order valence-corrected chi connectivity index (χ2v) is 15.7. The first-order chi connectivity index (χ1) is 17.6. The lowest BCUT2D eigenvalue weighted by Gasteiger charge is -2.51.